The van der Waals surface area contributed by atoms with Crippen molar-refractivity contribution >= 4 is 5.97 Å². The molecule has 1 aromatic carbocycles. The van der Waals surface area contributed by atoms with Crippen LogP contribution in [0, 0.1) is 23.7 Å². The molecular formula is C28H48O4. The highest BCUT2D eigenvalue weighted by molar-refractivity contribution is 5.89. The maximum Gasteiger partial charge on any atom is 0.338 e. The van der Waals surface area contributed by atoms with Gasteiger partial charge in [0.05, 0.1) is 18.8 Å². The SMILES string of the molecule is CC(C)CCCC(C)CCOC(=O)c1ccc(C(O)OCCC(C)CCCC(C)C)cc1. The Hall–Kier alpha value is -1.39. The van der Waals surface area contributed by atoms with Gasteiger partial charge in [-0.2, -0.15) is 0 Å². The number of ether oxygens (including phenoxy) is 2. The fraction of sp³-hybridized carbons (Fsp3) is 0.750. The van der Waals surface area contributed by atoms with Gasteiger partial charge in [-0.05, 0) is 48.6 Å². The molecule has 1 aromatic rings. The van der Waals surface area contributed by atoms with Crippen molar-refractivity contribution in [2.75, 3.05) is 13.2 Å². The molecule has 0 aliphatic heterocycles. The van der Waals surface area contributed by atoms with E-state index in [2.05, 4.69) is 41.5 Å². The van der Waals surface area contributed by atoms with Gasteiger partial charge in [-0.1, -0.05) is 92.2 Å². The van der Waals surface area contributed by atoms with Crippen molar-refractivity contribution in [3.63, 3.8) is 0 Å². The summed E-state index contributed by atoms with van der Waals surface area (Å²) in [6.45, 7) is 14.4. The smallest absolute Gasteiger partial charge is 0.338 e. The fourth-order valence-corrected chi connectivity index (χ4v) is 3.73. The number of rotatable bonds is 17. The van der Waals surface area contributed by atoms with Gasteiger partial charge in [0.2, 0.25) is 0 Å². The predicted octanol–water partition coefficient (Wildman–Crippen LogP) is 7.56. The van der Waals surface area contributed by atoms with Crippen LogP contribution in [0.3, 0.4) is 0 Å². The summed E-state index contributed by atoms with van der Waals surface area (Å²) in [5, 5.41) is 10.3. The van der Waals surface area contributed by atoms with Crippen LogP contribution in [0.5, 0.6) is 0 Å². The molecule has 0 heterocycles. The third-order valence-corrected chi connectivity index (χ3v) is 6.12. The highest BCUT2D eigenvalue weighted by Gasteiger charge is 2.13. The van der Waals surface area contributed by atoms with Crippen molar-refractivity contribution in [1.82, 2.24) is 0 Å². The fourth-order valence-electron chi connectivity index (χ4n) is 3.73. The molecule has 0 saturated heterocycles. The van der Waals surface area contributed by atoms with Gasteiger partial charge in [0, 0.05) is 5.56 Å². The molecule has 184 valence electrons. The van der Waals surface area contributed by atoms with Crippen molar-refractivity contribution in [2.24, 2.45) is 23.7 Å². The van der Waals surface area contributed by atoms with Crippen molar-refractivity contribution in [3.8, 4) is 0 Å². The summed E-state index contributed by atoms with van der Waals surface area (Å²) in [5.41, 5.74) is 1.17. The van der Waals surface area contributed by atoms with Gasteiger partial charge in [-0.15, -0.1) is 0 Å². The quantitative estimate of drug-likeness (QED) is 0.197. The first-order chi connectivity index (χ1) is 15.2. The Kier molecular flexibility index (Phi) is 14.6. The molecule has 0 aliphatic rings. The van der Waals surface area contributed by atoms with E-state index in [1.807, 2.05) is 0 Å². The molecule has 0 bridgehead atoms. The summed E-state index contributed by atoms with van der Waals surface area (Å²) in [4.78, 5) is 12.3. The summed E-state index contributed by atoms with van der Waals surface area (Å²) in [5.74, 6) is 2.35. The molecule has 32 heavy (non-hydrogen) atoms. The Bertz CT molecular complexity index is 608. The summed E-state index contributed by atoms with van der Waals surface area (Å²) < 4.78 is 11.0. The van der Waals surface area contributed by atoms with Crippen LogP contribution < -0.4 is 0 Å². The second-order valence-electron chi connectivity index (χ2n) is 10.4. The molecule has 1 N–H and O–H groups in total. The minimum Gasteiger partial charge on any atom is -0.462 e. The molecule has 1 rings (SSSR count). The lowest BCUT2D eigenvalue weighted by Crippen LogP contribution is -2.10. The lowest BCUT2D eigenvalue weighted by Gasteiger charge is -2.16. The lowest BCUT2D eigenvalue weighted by atomic mass is 9.98. The van der Waals surface area contributed by atoms with Gasteiger partial charge in [0.1, 0.15) is 0 Å². The minimum absolute atomic E-state index is 0.309. The zero-order valence-corrected chi connectivity index (χ0v) is 21.4. The second kappa shape index (κ2) is 16.3. The van der Waals surface area contributed by atoms with Gasteiger partial charge < -0.3 is 14.6 Å². The molecule has 0 amide bonds. The molecule has 4 nitrogen and oxygen atoms in total. The highest BCUT2D eigenvalue weighted by Crippen LogP contribution is 2.20. The third kappa shape index (κ3) is 13.2. The van der Waals surface area contributed by atoms with Gasteiger partial charge in [-0.25, -0.2) is 4.79 Å². The first-order valence-electron chi connectivity index (χ1n) is 12.8. The van der Waals surface area contributed by atoms with E-state index in [9.17, 15) is 9.90 Å². The van der Waals surface area contributed by atoms with Crippen molar-refractivity contribution < 1.29 is 19.4 Å². The number of benzene rings is 1. The molecule has 0 fully saturated rings. The van der Waals surface area contributed by atoms with Crippen LogP contribution in [0.4, 0.5) is 0 Å². The van der Waals surface area contributed by atoms with Gasteiger partial charge in [0.15, 0.2) is 6.29 Å². The number of hydrogen-bond acceptors (Lipinski definition) is 4. The summed E-state index contributed by atoms with van der Waals surface area (Å²) in [6.07, 6.45) is 8.24. The van der Waals surface area contributed by atoms with E-state index in [0.717, 1.165) is 24.7 Å². The first kappa shape index (κ1) is 28.6. The molecule has 3 atom stereocenters. The maximum atomic E-state index is 12.3. The van der Waals surface area contributed by atoms with Crippen LogP contribution in [0.1, 0.15) is 115 Å². The number of aliphatic hydroxyl groups is 1. The van der Waals surface area contributed by atoms with Crippen LogP contribution in [0.25, 0.3) is 0 Å². The second-order valence-corrected chi connectivity index (χ2v) is 10.4. The lowest BCUT2D eigenvalue weighted by molar-refractivity contribution is -0.105. The van der Waals surface area contributed by atoms with Gasteiger partial charge >= 0.3 is 5.97 Å². The summed E-state index contributed by atoms with van der Waals surface area (Å²) in [6, 6.07) is 6.87. The Balaban J connectivity index is 2.28. The van der Waals surface area contributed by atoms with Crippen molar-refractivity contribution in [2.45, 2.75) is 99.2 Å². The molecule has 0 radical (unpaired) electrons. The molecule has 0 saturated carbocycles. The standard InChI is InChI=1S/C28H48O4/c1-21(2)9-7-11-23(5)17-19-31-27(29)25-13-15-26(16-14-25)28(30)32-20-18-24(6)12-8-10-22(3)4/h13-16,21-24,27,29H,7-12,17-20H2,1-6H3. The summed E-state index contributed by atoms with van der Waals surface area (Å²) >= 11 is 0. The Morgan fingerprint density at radius 3 is 1.75 bits per heavy atom. The Morgan fingerprint density at radius 1 is 0.750 bits per heavy atom. The molecule has 0 aromatic heterocycles. The summed E-state index contributed by atoms with van der Waals surface area (Å²) in [7, 11) is 0. The molecule has 0 aliphatic carbocycles. The number of carbonyl (C=O) groups excluding carboxylic acids is 1. The topological polar surface area (TPSA) is 55.8 Å². The van der Waals surface area contributed by atoms with Crippen LogP contribution in [0.15, 0.2) is 24.3 Å². The molecule has 3 unspecified atom stereocenters. The monoisotopic (exact) mass is 448 g/mol. The minimum atomic E-state index is -0.963. The van der Waals surface area contributed by atoms with Gasteiger partial charge in [-0.3, -0.25) is 0 Å². The number of aliphatic hydroxyl groups excluding tert-OH is 1. The van der Waals surface area contributed by atoms with Crippen LogP contribution >= 0.6 is 0 Å². The molecule has 0 spiro atoms. The van der Waals surface area contributed by atoms with Crippen LogP contribution in [-0.4, -0.2) is 24.3 Å². The van der Waals surface area contributed by atoms with E-state index in [1.54, 1.807) is 24.3 Å². The van der Waals surface area contributed by atoms with Crippen molar-refractivity contribution in [1.29, 1.82) is 0 Å². The van der Waals surface area contributed by atoms with E-state index in [1.165, 1.54) is 38.5 Å². The van der Waals surface area contributed by atoms with Gasteiger partial charge in [0.25, 0.3) is 0 Å². The highest BCUT2D eigenvalue weighted by atomic mass is 16.6. The zero-order valence-electron chi connectivity index (χ0n) is 21.4. The average molecular weight is 449 g/mol. The average Bonchev–Trinajstić information content (AvgIpc) is 2.73. The van der Waals surface area contributed by atoms with Crippen LogP contribution in [0.2, 0.25) is 0 Å². The van der Waals surface area contributed by atoms with E-state index in [0.29, 0.717) is 36.2 Å². The maximum absolute atomic E-state index is 12.3. The van der Waals surface area contributed by atoms with E-state index >= 15 is 0 Å². The zero-order chi connectivity index (χ0) is 23.9. The third-order valence-electron chi connectivity index (χ3n) is 6.12. The Morgan fingerprint density at radius 2 is 1.25 bits per heavy atom. The first-order valence-corrected chi connectivity index (χ1v) is 12.8. The predicted molar refractivity (Wildman–Crippen MR) is 133 cm³/mol. The van der Waals surface area contributed by atoms with E-state index < -0.39 is 6.29 Å². The van der Waals surface area contributed by atoms with Crippen LogP contribution in [-0.2, 0) is 9.47 Å². The van der Waals surface area contributed by atoms with E-state index in [4.69, 9.17) is 9.47 Å². The van der Waals surface area contributed by atoms with Crippen molar-refractivity contribution in [3.05, 3.63) is 35.4 Å². The number of esters is 1. The molecular weight excluding hydrogens is 400 g/mol. The Labute approximate surface area is 197 Å². The molecule has 4 heteroatoms. The number of hydrogen-bond donors (Lipinski definition) is 1. The number of carbonyl (C=O) groups is 1. The largest absolute Gasteiger partial charge is 0.462 e. The normalized spacial score (nSPS) is 14.5. The van der Waals surface area contributed by atoms with E-state index in [-0.39, 0.29) is 5.97 Å².